The Morgan fingerprint density at radius 2 is 1.65 bits per heavy atom. The fourth-order valence-electron chi connectivity index (χ4n) is 2.28. The van der Waals surface area contributed by atoms with Gasteiger partial charge in [-0.1, -0.05) is 30.3 Å². The smallest absolute Gasteiger partial charge is 0.0556 e. The highest BCUT2D eigenvalue weighted by Crippen LogP contribution is 2.27. The van der Waals surface area contributed by atoms with Gasteiger partial charge in [0.05, 0.1) is 6.04 Å². The van der Waals surface area contributed by atoms with Crippen LogP contribution in [0, 0.1) is 20.8 Å². The molecule has 0 saturated heterocycles. The third kappa shape index (κ3) is 3.63. The van der Waals surface area contributed by atoms with Gasteiger partial charge in [-0.05, 0) is 55.2 Å². The Bertz CT molecular complexity index is 567. The topological polar surface area (TPSA) is 38.0 Å². The molecule has 2 aromatic carbocycles. The SMILES string of the molecule is Cc1cc(C)c(C(CSc2ccccc2)NN)cc1C. The second-order valence-corrected chi connectivity index (χ2v) is 6.23. The lowest BCUT2D eigenvalue weighted by molar-refractivity contribution is 0.607. The zero-order valence-corrected chi connectivity index (χ0v) is 13.1. The fourth-order valence-corrected chi connectivity index (χ4v) is 3.27. The first kappa shape index (κ1) is 15.1. The third-order valence-electron chi connectivity index (χ3n) is 3.62. The molecule has 0 spiro atoms. The summed E-state index contributed by atoms with van der Waals surface area (Å²) in [5.41, 5.74) is 8.19. The predicted octanol–water partition coefficient (Wildman–Crippen LogP) is 3.91. The highest BCUT2D eigenvalue weighted by atomic mass is 32.2. The minimum Gasteiger partial charge on any atom is -0.271 e. The maximum absolute atomic E-state index is 5.76. The maximum atomic E-state index is 5.76. The summed E-state index contributed by atoms with van der Waals surface area (Å²) in [4.78, 5) is 1.27. The zero-order valence-electron chi connectivity index (χ0n) is 12.3. The Hall–Kier alpha value is -1.29. The van der Waals surface area contributed by atoms with E-state index in [1.54, 1.807) is 0 Å². The lowest BCUT2D eigenvalue weighted by Gasteiger charge is -2.20. The number of thioether (sulfide) groups is 1. The Morgan fingerprint density at radius 3 is 2.30 bits per heavy atom. The van der Waals surface area contributed by atoms with Crippen molar-refractivity contribution in [2.75, 3.05) is 5.75 Å². The molecule has 3 N–H and O–H groups in total. The first-order valence-electron chi connectivity index (χ1n) is 6.83. The van der Waals surface area contributed by atoms with Crippen molar-refractivity contribution in [3.05, 3.63) is 64.7 Å². The highest BCUT2D eigenvalue weighted by molar-refractivity contribution is 7.99. The molecule has 0 amide bonds. The second kappa shape index (κ2) is 6.93. The molecule has 0 bridgehead atoms. The van der Waals surface area contributed by atoms with Crippen LogP contribution in [0.25, 0.3) is 0 Å². The van der Waals surface area contributed by atoms with E-state index in [1.807, 2.05) is 17.8 Å². The molecular weight excluding hydrogens is 264 g/mol. The highest BCUT2D eigenvalue weighted by Gasteiger charge is 2.13. The summed E-state index contributed by atoms with van der Waals surface area (Å²) >= 11 is 1.82. The van der Waals surface area contributed by atoms with Gasteiger partial charge in [-0.2, -0.15) is 0 Å². The van der Waals surface area contributed by atoms with E-state index < -0.39 is 0 Å². The predicted molar refractivity (Wildman–Crippen MR) is 87.9 cm³/mol. The van der Waals surface area contributed by atoms with Gasteiger partial charge in [0.15, 0.2) is 0 Å². The van der Waals surface area contributed by atoms with Crippen molar-refractivity contribution in [2.24, 2.45) is 5.84 Å². The van der Waals surface area contributed by atoms with E-state index in [9.17, 15) is 0 Å². The molecule has 20 heavy (non-hydrogen) atoms. The van der Waals surface area contributed by atoms with Gasteiger partial charge in [-0.15, -0.1) is 11.8 Å². The Kier molecular flexibility index (Phi) is 5.24. The lowest BCUT2D eigenvalue weighted by atomic mass is 9.97. The quantitative estimate of drug-likeness (QED) is 0.497. The standard InChI is InChI=1S/C17H22N2S/c1-12-9-14(3)16(10-13(12)2)17(19-18)11-20-15-7-5-4-6-8-15/h4-10,17,19H,11,18H2,1-3H3. The van der Waals surface area contributed by atoms with Gasteiger partial charge in [0.25, 0.3) is 0 Å². The number of nitrogens with two attached hydrogens (primary N) is 1. The average Bonchev–Trinajstić information content (AvgIpc) is 2.46. The largest absolute Gasteiger partial charge is 0.271 e. The van der Waals surface area contributed by atoms with E-state index in [-0.39, 0.29) is 6.04 Å². The minimum absolute atomic E-state index is 0.166. The summed E-state index contributed by atoms with van der Waals surface area (Å²) < 4.78 is 0. The van der Waals surface area contributed by atoms with Crippen molar-refractivity contribution >= 4 is 11.8 Å². The Morgan fingerprint density at radius 1 is 1.00 bits per heavy atom. The number of hydrazine groups is 1. The molecule has 2 aromatic rings. The van der Waals surface area contributed by atoms with Crippen LogP contribution in [0.1, 0.15) is 28.3 Å². The van der Waals surface area contributed by atoms with Crippen molar-refractivity contribution in [3.63, 3.8) is 0 Å². The van der Waals surface area contributed by atoms with Crippen LogP contribution in [0.5, 0.6) is 0 Å². The normalized spacial score (nSPS) is 12.4. The first-order valence-corrected chi connectivity index (χ1v) is 7.82. The number of rotatable bonds is 5. The fraction of sp³-hybridized carbons (Fsp3) is 0.294. The molecule has 0 aliphatic rings. The van der Waals surface area contributed by atoms with Crippen LogP contribution >= 0.6 is 11.8 Å². The van der Waals surface area contributed by atoms with Crippen LogP contribution in [0.15, 0.2) is 47.4 Å². The molecule has 2 nitrogen and oxygen atoms in total. The summed E-state index contributed by atoms with van der Waals surface area (Å²) in [6, 6.07) is 15.1. The van der Waals surface area contributed by atoms with E-state index in [4.69, 9.17) is 5.84 Å². The summed E-state index contributed by atoms with van der Waals surface area (Å²) in [6.45, 7) is 6.45. The van der Waals surface area contributed by atoms with Crippen LogP contribution < -0.4 is 11.3 Å². The van der Waals surface area contributed by atoms with E-state index in [1.165, 1.54) is 27.1 Å². The molecule has 1 unspecified atom stereocenters. The molecule has 0 aliphatic carbocycles. The van der Waals surface area contributed by atoms with E-state index in [0.717, 1.165) is 5.75 Å². The van der Waals surface area contributed by atoms with Crippen molar-refractivity contribution in [2.45, 2.75) is 31.7 Å². The van der Waals surface area contributed by atoms with Gasteiger partial charge in [-0.3, -0.25) is 11.3 Å². The maximum Gasteiger partial charge on any atom is 0.0556 e. The van der Waals surface area contributed by atoms with Crippen molar-refractivity contribution in [3.8, 4) is 0 Å². The molecule has 2 rings (SSSR count). The second-order valence-electron chi connectivity index (χ2n) is 5.14. The van der Waals surface area contributed by atoms with Crippen molar-refractivity contribution in [1.82, 2.24) is 5.43 Å². The van der Waals surface area contributed by atoms with Crippen LogP contribution in [0.3, 0.4) is 0 Å². The summed E-state index contributed by atoms with van der Waals surface area (Å²) in [6.07, 6.45) is 0. The lowest BCUT2D eigenvalue weighted by Crippen LogP contribution is -2.30. The van der Waals surface area contributed by atoms with E-state index in [0.29, 0.717) is 0 Å². The first-order chi connectivity index (χ1) is 9.61. The van der Waals surface area contributed by atoms with Crippen molar-refractivity contribution in [1.29, 1.82) is 0 Å². The molecule has 0 saturated carbocycles. The zero-order chi connectivity index (χ0) is 14.5. The van der Waals surface area contributed by atoms with Gasteiger partial charge in [0.1, 0.15) is 0 Å². The third-order valence-corrected chi connectivity index (χ3v) is 4.72. The van der Waals surface area contributed by atoms with Gasteiger partial charge in [-0.25, -0.2) is 0 Å². The molecular formula is C17H22N2S. The summed E-state index contributed by atoms with van der Waals surface area (Å²) in [5, 5.41) is 0. The van der Waals surface area contributed by atoms with Gasteiger partial charge in [0.2, 0.25) is 0 Å². The van der Waals surface area contributed by atoms with Crippen LogP contribution in [-0.4, -0.2) is 5.75 Å². The van der Waals surface area contributed by atoms with Gasteiger partial charge >= 0.3 is 0 Å². The van der Waals surface area contributed by atoms with Gasteiger partial charge < -0.3 is 0 Å². The minimum atomic E-state index is 0.166. The number of nitrogens with one attached hydrogen (secondary N) is 1. The number of benzene rings is 2. The summed E-state index contributed by atoms with van der Waals surface area (Å²) in [5.74, 6) is 6.68. The van der Waals surface area contributed by atoms with Crippen LogP contribution in [0.2, 0.25) is 0 Å². The van der Waals surface area contributed by atoms with Gasteiger partial charge in [0, 0.05) is 10.6 Å². The molecule has 0 fully saturated rings. The molecule has 106 valence electrons. The molecule has 0 heterocycles. The average molecular weight is 286 g/mol. The van der Waals surface area contributed by atoms with Crippen LogP contribution in [0.4, 0.5) is 0 Å². The summed E-state index contributed by atoms with van der Waals surface area (Å²) in [7, 11) is 0. The monoisotopic (exact) mass is 286 g/mol. The molecule has 3 heteroatoms. The molecule has 0 radical (unpaired) electrons. The van der Waals surface area contributed by atoms with Crippen LogP contribution in [-0.2, 0) is 0 Å². The molecule has 0 aliphatic heterocycles. The Balaban J connectivity index is 2.14. The molecule has 1 atom stereocenters. The number of hydrogen-bond donors (Lipinski definition) is 2. The Labute approximate surface area is 125 Å². The molecule has 0 aromatic heterocycles. The van der Waals surface area contributed by atoms with E-state index >= 15 is 0 Å². The van der Waals surface area contributed by atoms with E-state index in [2.05, 4.69) is 62.6 Å². The number of aryl methyl sites for hydroxylation is 3. The van der Waals surface area contributed by atoms with Crippen molar-refractivity contribution < 1.29 is 0 Å². The number of hydrogen-bond acceptors (Lipinski definition) is 3.